The molecule has 0 saturated carbocycles. The molecule has 2 aromatic heterocycles. The Morgan fingerprint density at radius 2 is 1.79 bits per heavy atom. The summed E-state index contributed by atoms with van der Waals surface area (Å²) in [5.74, 6) is -0.422. The molecule has 1 N–H and O–H groups in total. The molecule has 0 atom stereocenters. The standard InChI is InChI=1S/C32H25BrN6O3/c1-34-27-17-22(10-13-26(27)33)31(41)37-15-14-25-28(19-37)39-30(23(18-36-39)16-20-6-4-3-5-7-20)38(32(25)42)24-11-8-21(9-12-24)29(40)35-2/h3-13,17-18H,14-16,19H2,2H3,(H,35,40). The van der Waals surface area contributed by atoms with Gasteiger partial charge in [-0.2, -0.15) is 5.10 Å². The number of hydrogen-bond acceptors (Lipinski definition) is 4. The third-order valence-electron chi connectivity index (χ3n) is 7.52. The molecule has 6 rings (SSSR count). The van der Waals surface area contributed by atoms with Gasteiger partial charge in [0.2, 0.25) is 5.69 Å². The van der Waals surface area contributed by atoms with Crippen LogP contribution in [-0.4, -0.2) is 44.5 Å². The molecular formula is C32H25BrN6O3. The minimum Gasteiger partial charge on any atom is -0.355 e. The predicted octanol–water partition coefficient (Wildman–Crippen LogP) is 4.95. The number of aromatic nitrogens is 3. The van der Waals surface area contributed by atoms with Crippen LogP contribution in [0.1, 0.15) is 43.1 Å². The first-order valence-electron chi connectivity index (χ1n) is 13.4. The summed E-state index contributed by atoms with van der Waals surface area (Å²) in [6.07, 6.45) is 2.68. The zero-order valence-electron chi connectivity index (χ0n) is 22.7. The Morgan fingerprint density at radius 1 is 1.05 bits per heavy atom. The van der Waals surface area contributed by atoms with Gasteiger partial charge in [0.15, 0.2) is 0 Å². The number of nitrogens with zero attached hydrogens (tertiary/aromatic N) is 5. The van der Waals surface area contributed by atoms with E-state index in [9.17, 15) is 14.4 Å². The van der Waals surface area contributed by atoms with E-state index < -0.39 is 0 Å². The number of rotatable bonds is 5. The Hall–Kier alpha value is -5.01. The monoisotopic (exact) mass is 620 g/mol. The fourth-order valence-corrected chi connectivity index (χ4v) is 5.72. The van der Waals surface area contributed by atoms with E-state index in [2.05, 4.69) is 26.1 Å². The highest BCUT2D eigenvalue weighted by Crippen LogP contribution is 2.29. The molecule has 1 aliphatic rings. The van der Waals surface area contributed by atoms with Crippen molar-refractivity contribution in [3.8, 4) is 5.69 Å². The molecule has 0 fully saturated rings. The molecule has 42 heavy (non-hydrogen) atoms. The molecule has 0 spiro atoms. The molecule has 0 radical (unpaired) electrons. The Labute approximate surface area is 250 Å². The molecule has 3 heterocycles. The van der Waals surface area contributed by atoms with Gasteiger partial charge in [0.05, 0.1) is 30.7 Å². The summed E-state index contributed by atoms with van der Waals surface area (Å²) in [5.41, 5.74) is 5.51. The molecule has 208 valence electrons. The average Bonchev–Trinajstić information content (AvgIpc) is 3.44. The number of benzene rings is 3. The minimum absolute atomic E-state index is 0.175. The number of fused-ring (bicyclic) bond motifs is 3. The zero-order chi connectivity index (χ0) is 29.4. The van der Waals surface area contributed by atoms with Crippen molar-refractivity contribution in [2.45, 2.75) is 19.4 Å². The van der Waals surface area contributed by atoms with E-state index in [-0.39, 0.29) is 23.9 Å². The number of carbonyl (C=O) groups is 2. The first-order valence-corrected chi connectivity index (χ1v) is 14.1. The number of nitrogens with one attached hydrogen (secondary N) is 1. The van der Waals surface area contributed by atoms with Crippen LogP contribution in [0.5, 0.6) is 0 Å². The molecule has 0 saturated heterocycles. The maximum Gasteiger partial charge on any atom is 0.261 e. The number of halogens is 1. The summed E-state index contributed by atoms with van der Waals surface area (Å²) in [6.45, 7) is 7.95. The van der Waals surface area contributed by atoms with Gasteiger partial charge in [0.1, 0.15) is 5.65 Å². The first-order chi connectivity index (χ1) is 20.4. The van der Waals surface area contributed by atoms with Gasteiger partial charge in [-0.1, -0.05) is 58.4 Å². The van der Waals surface area contributed by atoms with Crippen molar-refractivity contribution in [1.29, 1.82) is 0 Å². The summed E-state index contributed by atoms with van der Waals surface area (Å²) in [5, 5.41) is 7.35. The Bertz CT molecular complexity index is 1960. The lowest BCUT2D eigenvalue weighted by molar-refractivity contribution is 0.0729. The number of carbonyl (C=O) groups excluding carboxylic acids is 2. The van der Waals surface area contributed by atoms with E-state index in [0.717, 1.165) is 11.1 Å². The normalized spacial score (nSPS) is 12.5. The van der Waals surface area contributed by atoms with E-state index in [1.807, 2.05) is 30.3 Å². The van der Waals surface area contributed by atoms with Crippen LogP contribution in [0.3, 0.4) is 0 Å². The van der Waals surface area contributed by atoms with Gasteiger partial charge in [-0.05, 0) is 42.3 Å². The Kier molecular flexibility index (Phi) is 7.19. The van der Waals surface area contributed by atoms with Crippen LogP contribution in [-0.2, 0) is 19.4 Å². The Balaban J connectivity index is 1.48. The maximum absolute atomic E-state index is 14.2. The Morgan fingerprint density at radius 3 is 2.50 bits per heavy atom. The van der Waals surface area contributed by atoms with E-state index >= 15 is 0 Å². The first kappa shape index (κ1) is 27.2. The van der Waals surface area contributed by atoms with Crippen LogP contribution in [0.25, 0.3) is 16.2 Å². The van der Waals surface area contributed by atoms with E-state index in [4.69, 9.17) is 11.7 Å². The zero-order valence-corrected chi connectivity index (χ0v) is 24.3. The SMILES string of the molecule is [C-]#[N+]c1cc(C(=O)N2CCc3c(n4ncc(Cc5ccccc5)c4n(-c4ccc(C(=O)NC)cc4)c3=O)C2)ccc1Br. The molecule has 0 unspecified atom stereocenters. The van der Waals surface area contributed by atoms with Gasteiger partial charge >= 0.3 is 0 Å². The summed E-state index contributed by atoms with van der Waals surface area (Å²) >= 11 is 3.35. The van der Waals surface area contributed by atoms with Gasteiger partial charge in [-0.3, -0.25) is 19.0 Å². The van der Waals surface area contributed by atoms with Crippen LogP contribution in [0.2, 0.25) is 0 Å². The number of amides is 2. The molecule has 9 nitrogen and oxygen atoms in total. The van der Waals surface area contributed by atoms with E-state index in [1.54, 1.807) is 69.7 Å². The smallest absolute Gasteiger partial charge is 0.261 e. The topological polar surface area (TPSA) is 93.1 Å². The van der Waals surface area contributed by atoms with Crippen molar-refractivity contribution >= 4 is 39.1 Å². The second-order valence-electron chi connectivity index (χ2n) is 10.0. The third kappa shape index (κ3) is 4.78. The van der Waals surface area contributed by atoms with Gasteiger partial charge < -0.3 is 10.2 Å². The second-order valence-corrected chi connectivity index (χ2v) is 10.9. The fourth-order valence-electron chi connectivity index (χ4n) is 5.39. The van der Waals surface area contributed by atoms with E-state index in [1.165, 1.54) is 0 Å². The predicted molar refractivity (Wildman–Crippen MR) is 162 cm³/mol. The minimum atomic E-state index is -0.211. The molecule has 0 aliphatic carbocycles. The average molecular weight is 621 g/mol. The molecule has 10 heteroatoms. The highest BCUT2D eigenvalue weighted by Gasteiger charge is 2.29. The summed E-state index contributed by atoms with van der Waals surface area (Å²) in [4.78, 5) is 45.0. The number of hydrogen-bond donors (Lipinski definition) is 1. The van der Waals surface area contributed by atoms with Crippen LogP contribution in [0, 0.1) is 6.57 Å². The third-order valence-corrected chi connectivity index (χ3v) is 8.19. The molecular weight excluding hydrogens is 596 g/mol. The molecule has 2 amide bonds. The summed E-state index contributed by atoms with van der Waals surface area (Å²) in [6, 6.07) is 21.8. The largest absolute Gasteiger partial charge is 0.355 e. The fraction of sp³-hybridized carbons (Fsp3) is 0.156. The molecule has 3 aromatic carbocycles. The van der Waals surface area contributed by atoms with Gasteiger partial charge in [-0.15, -0.1) is 0 Å². The van der Waals surface area contributed by atoms with Crippen molar-refractivity contribution in [2.75, 3.05) is 13.6 Å². The summed E-state index contributed by atoms with van der Waals surface area (Å²) < 4.78 is 4.06. The van der Waals surface area contributed by atoms with Crippen LogP contribution in [0.15, 0.2) is 88.3 Å². The van der Waals surface area contributed by atoms with Crippen LogP contribution >= 0.6 is 15.9 Å². The van der Waals surface area contributed by atoms with Gasteiger partial charge in [0.25, 0.3) is 17.4 Å². The molecule has 1 aliphatic heterocycles. The van der Waals surface area contributed by atoms with Crippen molar-refractivity contribution in [2.24, 2.45) is 0 Å². The second kappa shape index (κ2) is 11.1. The highest BCUT2D eigenvalue weighted by molar-refractivity contribution is 9.10. The highest BCUT2D eigenvalue weighted by atomic mass is 79.9. The molecule has 5 aromatic rings. The van der Waals surface area contributed by atoms with Crippen molar-refractivity contribution in [3.63, 3.8) is 0 Å². The lowest BCUT2D eigenvalue weighted by Crippen LogP contribution is -2.41. The molecule has 0 bridgehead atoms. The lowest BCUT2D eigenvalue weighted by Gasteiger charge is -2.30. The van der Waals surface area contributed by atoms with Gasteiger partial charge in [0, 0.05) is 46.7 Å². The van der Waals surface area contributed by atoms with Crippen molar-refractivity contribution in [1.82, 2.24) is 24.4 Å². The summed E-state index contributed by atoms with van der Waals surface area (Å²) in [7, 11) is 1.57. The maximum atomic E-state index is 14.2. The van der Waals surface area contributed by atoms with E-state index in [0.29, 0.717) is 63.3 Å². The van der Waals surface area contributed by atoms with Gasteiger partial charge in [-0.25, -0.2) is 9.36 Å². The lowest BCUT2D eigenvalue weighted by atomic mass is 10.0. The quantitative estimate of drug-likeness (QED) is 0.282. The van der Waals surface area contributed by atoms with Crippen LogP contribution in [0.4, 0.5) is 5.69 Å². The van der Waals surface area contributed by atoms with Crippen molar-refractivity contribution in [3.05, 3.63) is 139 Å². The van der Waals surface area contributed by atoms with Crippen molar-refractivity contribution < 1.29 is 9.59 Å². The van der Waals surface area contributed by atoms with Crippen LogP contribution < -0.4 is 10.9 Å².